The van der Waals surface area contributed by atoms with Crippen LogP contribution in [-0.4, -0.2) is 45.0 Å². The van der Waals surface area contributed by atoms with Crippen molar-refractivity contribution in [3.05, 3.63) is 66.7 Å². The zero-order chi connectivity index (χ0) is 18.6. The first-order valence-corrected chi connectivity index (χ1v) is 9.12. The highest BCUT2D eigenvalue weighted by atomic mass is 16.5. The number of likely N-dealkylation sites (tertiary alicyclic amines) is 1. The lowest BCUT2D eigenvalue weighted by Gasteiger charge is -2.20. The zero-order valence-electron chi connectivity index (χ0n) is 15.3. The average molecular weight is 362 g/mol. The molecule has 1 saturated heterocycles. The van der Waals surface area contributed by atoms with Gasteiger partial charge in [-0.3, -0.25) is 9.78 Å². The fourth-order valence-corrected chi connectivity index (χ4v) is 3.55. The van der Waals surface area contributed by atoms with E-state index in [1.54, 1.807) is 12.4 Å². The number of aromatic nitrogens is 3. The summed E-state index contributed by atoms with van der Waals surface area (Å²) < 4.78 is 7.84. The standard InChI is InChI=1S/C21H22N4O2/c1-16-13-23-21(17-7-10-22-11-8-17)25(16)18-9-12-24(14-18)20(26)15-27-19-5-3-2-4-6-19/h2-8,10-11,13,18H,9,12,14-15H2,1H3. The number of para-hydroxylation sites is 1. The highest BCUT2D eigenvalue weighted by Gasteiger charge is 2.30. The predicted octanol–water partition coefficient (Wildman–Crippen LogP) is 3.11. The van der Waals surface area contributed by atoms with E-state index < -0.39 is 0 Å². The second-order valence-electron chi connectivity index (χ2n) is 6.71. The first-order valence-electron chi connectivity index (χ1n) is 9.12. The molecule has 6 nitrogen and oxygen atoms in total. The van der Waals surface area contributed by atoms with E-state index in [0.29, 0.717) is 12.3 Å². The molecule has 0 spiro atoms. The minimum absolute atomic E-state index is 0.0181. The molecule has 2 aromatic heterocycles. The molecule has 138 valence electrons. The molecule has 1 fully saturated rings. The van der Waals surface area contributed by atoms with Gasteiger partial charge in [-0.25, -0.2) is 4.98 Å². The highest BCUT2D eigenvalue weighted by Crippen LogP contribution is 2.29. The van der Waals surface area contributed by atoms with Gasteiger partial charge in [-0.05, 0) is 37.6 Å². The molecule has 3 aromatic rings. The van der Waals surface area contributed by atoms with Gasteiger partial charge in [-0.2, -0.15) is 0 Å². The normalized spacial score (nSPS) is 16.5. The summed E-state index contributed by atoms with van der Waals surface area (Å²) in [6.07, 6.45) is 6.34. The Bertz CT molecular complexity index is 908. The molecule has 1 aromatic carbocycles. The number of rotatable bonds is 5. The lowest BCUT2D eigenvalue weighted by atomic mass is 10.2. The Morgan fingerprint density at radius 3 is 2.74 bits per heavy atom. The second-order valence-corrected chi connectivity index (χ2v) is 6.71. The van der Waals surface area contributed by atoms with Gasteiger partial charge in [-0.1, -0.05) is 18.2 Å². The fourth-order valence-electron chi connectivity index (χ4n) is 3.55. The van der Waals surface area contributed by atoms with Crippen molar-refractivity contribution in [3.63, 3.8) is 0 Å². The molecule has 1 unspecified atom stereocenters. The third-order valence-corrected chi connectivity index (χ3v) is 4.91. The maximum Gasteiger partial charge on any atom is 0.260 e. The molecule has 27 heavy (non-hydrogen) atoms. The highest BCUT2D eigenvalue weighted by molar-refractivity contribution is 5.78. The third-order valence-electron chi connectivity index (χ3n) is 4.91. The number of pyridine rings is 1. The van der Waals surface area contributed by atoms with Gasteiger partial charge < -0.3 is 14.2 Å². The molecular formula is C21H22N4O2. The van der Waals surface area contributed by atoms with Gasteiger partial charge in [0.15, 0.2) is 6.61 Å². The van der Waals surface area contributed by atoms with Crippen molar-refractivity contribution >= 4 is 5.91 Å². The number of nitrogens with zero attached hydrogens (tertiary/aromatic N) is 4. The fraction of sp³-hybridized carbons (Fsp3) is 0.286. The van der Waals surface area contributed by atoms with E-state index in [0.717, 1.165) is 30.0 Å². The van der Waals surface area contributed by atoms with Crippen molar-refractivity contribution in [2.24, 2.45) is 0 Å². The Morgan fingerprint density at radius 2 is 1.96 bits per heavy atom. The molecule has 1 atom stereocenters. The summed E-state index contributed by atoms with van der Waals surface area (Å²) in [5.41, 5.74) is 2.14. The molecule has 1 amide bonds. The van der Waals surface area contributed by atoms with Crippen molar-refractivity contribution in [3.8, 4) is 17.1 Å². The predicted molar refractivity (Wildman–Crippen MR) is 102 cm³/mol. The Labute approximate surface area is 158 Å². The molecule has 0 N–H and O–H groups in total. The summed E-state index contributed by atoms with van der Waals surface area (Å²) in [7, 11) is 0. The third kappa shape index (κ3) is 3.69. The van der Waals surface area contributed by atoms with E-state index in [1.807, 2.05) is 53.6 Å². The van der Waals surface area contributed by atoms with Crippen molar-refractivity contribution in [2.75, 3.05) is 19.7 Å². The van der Waals surface area contributed by atoms with Crippen LogP contribution in [0.15, 0.2) is 61.1 Å². The largest absolute Gasteiger partial charge is 0.484 e. The van der Waals surface area contributed by atoms with Gasteiger partial charge in [0.05, 0.1) is 6.04 Å². The number of imidazole rings is 1. The summed E-state index contributed by atoms with van der Waals surface area (Å²) in [5.74, 6) is 1.66. The first kappa shape index (κ1) is 17.3. The Kier molecular flexibility index (Phi) is 4.87. The Balaban J connectivity index is 1.44. The number of benzene rings is 1. The number of carbonyl (C=O) groups is 1. The number of amides is 1. The molecule has 3 heterocycles. The molecule has 0 radical (unpaired) electrons. The van der Waals surface area contributed by atoms with Crippen LogP contribution in [0, 0.1) is 6.92 Å². The molecule has 0 bridgehead atoms. The van der Waals surface area contributed by atoms with Crippen molar-refractivity contribution < 1.29 is 9.53 Å². The SMILES string of the molecule is Cc1cnc(-c2ccncc2)n1C1CCN(C(=O)COc2ccccc2)C1. The number of carbonyl (C=O) groups excluding carboxylic acids is 1. The first-order chi connectivity index (χ1) is 13.2. The quantitative estimate of drug-likeness (QED) is 0.700. The van der Waals surface area contributed by atoms with Gasteiger partial charge in [0, 0.05) is 42.9 Å². The monoisotopic (exact) mass is 362 g/mol. The van der Waals surface area contributed by atoms with Crippen LogP contribution in [0.2, 0.25) is 0 Å². The van der Waals surface area contributed by atoms with E-state index in [4.69, 9.17) is 4.74 Å². The van der Waals surface area contributed by atoms with Crippen molar-refractivity contribution in [2.45, 2.75) is 19.4 Å². The van der Waals surface area contributed by atoms with Crippen LogP contribution in [0.5, 0.6) is 5.75 Å². The molecule has 1 aliphatic heterocycles. The van der Waals surface area contributed by atoms with Crippen LogP contribution >= 0.6 is 0 Å². The molecule has 0 aliphatic carbocycles. The van der Waals surface area contributed by atoms with Gasteiger partial charge in [0.1, 0.15) is 11.6 Å². The summed E-state index contributed by atoms with van der Waals surface area (Å²) in [4.78, 5) is 23.1. The summed E-state index contributed by atoms with van der Waals surface area (Å²) >= 11 is 0. The maximum atomic E-state index is 12.5. The van der Waals surface area contributed by atoms with E-state index in [2.05, 4.69) is 21.5 Å². The number of ether oxygens (including phenoxy) is 1. The summed E-state index contributed by atoms with van der Waals surface area (Å²) in [6.45, 7) is 3.53. The van der Waals surface area contributed by atoms with Crippen LogP contribution in [0.25, 0.3) is 11.4 Å². The van der Waals surface area contributed by atoms with Gasteiger partial charge in [0.25, 0.3) is 5.91 Å². The second kappa shape index (κ2) is 7.61. The van der Waals surface area contributed by atoms with Gasteiger partial charge in [0.2, 0.25) is 0 Å². The van der Waals surface area contributed by atoms with Crippen LogP contribution in [-0.2, 0) is 4.79 Å². The number of aryl methyl sites for hydroxylation is 1. The van der Waals surface area contributed by atoms with Crippen molar-refractivity contribution in [1.82, 2.24) is 19.4 Å². The average Bonchev–Trinajstić information content (AvgIpc) is 3.34. The van der Waals surface area contributed by atoms with E-state index in [-0.39, 0.29) is 18.6 Å². The lowest BCUT2D eigenvalue weighted by molar-refractivity contribution is -0.132. The smallest absolute Gasteiger partial charge is 0.260 e. The molecular weight excluding hydrogens is 340 g/mol. The molecule has 4 rings (SSSR count). The van der Waals surface area contributed by atoms with Crippen molar-refractivity contribution in [1.29, 1.82) is 0 Å². The molecule has 1 aliphatic rings. The summed E-state index contributed by atoms with van der Waals surface area (Å²) in [6, 6.07) is 13.6. The Hall–Kier alpha value is -3.15. The molecule has 6 heteroatoms. The zero-order valence-corrected chi connectivity index (χ0v) is 15.3. The number of hydrogen-bond donors (Lipinski definition) is 0. The lowest BCUT2D eigenvalue weighted by Crippen LogP contribution is -2.33. The van der Waals surface area contributed by atoms with Gasteiger partial charge >= 0.3 is 0 Å². The maximum absolute atomic E-state index is 12.5. The van der Waals surface area contributed by atoms with E-state index in [1.165, 1.54) is 0 Å². The topological polar surface area (TPSA) is 60.2 Å². The van der Waals surface area contributed by atoms with E-state index in [9.17, 15) is 4.79 Å². The van der Waals surface area contributed by atoms with Gasteiger partial charge in [-0.15, -0.1) is 0 Å². The molecule has 0 saturated carbocycles. The van der Waals surface area contributed by atoms with Crippen LogP contribution in [0.1, 0.15) is 18.2 Å². The Morgan fingerprint density at radius 1 is 1.19 bits per heavy atom. The van der Waals surface area contributed by atoms with Crippen LogP contribution in [0.4, 0.5) is 0 Å². The summed E-state index contributed by atoms with van der Waals surface area (Å²) in [5, 5.41) is 0. The number of hydrogen-bond acceptors (Lipinski definition) is 4. The minimum Gasteiger partial charge on any atom is -0.484 e. The van der Waals surface area contributed by atoms with E-state index >= 15 is 0 Å². The van der Waals surface area contributed by atoms with Crippen LogP contribution < -0.4 is 4.74 Å². The van der Waals surface area contributed by atoms with Crippen LogP contribution in [0.3, 0.4) is 0 Å². The minimum atomic E-state index is 0.0181.